The van der Waals surface area contributed by atoms with Crippen LogP contribution in [0.4, 0.5) is 11.4 Å². The molecule has 0 unspecified atom stereocenters. The van der Waals surface area contributed by atoms with Gasteiger partial charge in [-0.05, 0) is 44.2 Å². The third-order valence-corrected chi connectivity index (χ3v) is 3.85. The topological polar surface area (TPSA) is 51.2 Å². The van der Waals surface area contributed by atoms with Crippen LogP contribution < -0.4 is 5.32 Å². The number of halogens is 1. The highest BCUT2D eigenvalue weighted by molar-refractivity contribution is 6.30. The van der Waals surface area contributed by atoms with Crippen LogP contribution in [0.1, 0.15) is 22.8 Å². The molecule has 122 valence electrons. The maximum absolute atomic E-state index is 12.3. The number of nitrogens with zero attached hydrogens (tertiary/aromatic N) is 1. The molecule has 3 aromatic rings. The predicted molar refractivity (Wildman–Crippen MR) is 97.2 cm³/mol. The fraction of sp³-hybridized carbons (Fsp3) is 0.158. The molecule has 4 nitrogen and oxygen atoms in total. The van der Waals surface area contributed by atoms with E-state index in [4.69, 9.17) is 16.3 Å². The first kappa shape index (κ1) is 16.3. The standard InChI is InChI=1S/C19H17ClN2O2/c1-3-24-19(23)16-11-21-17-8-7-12(2)9-15(17)18(16)22-14-6-4-5-13(20)10-14/h4-11H,3H2,1-2H3,(H,21,22). The number of hydrogen-bond acceptors (Lipinski definition) is 4. The molecule has 0 radical (unpaired) electrons. The molecule has 0 spiro atoms. The maximum Gasteiger partial charge on any atom is 0.341 e. The molecule has 0 fully saturated rings. The Morgan fingerprint density at radius 3 is 2.83 bits per heavy atom. The molecule has 5 heteroatoms. The van der Waals surface area contributed by atoms with Crippen molar-refractivity contribution in [1.29, 1.82) is 0 Å². The zero-order valence-corrected chi connectivity index (χ0v) is 14.2. The smallest absolute Gasteiger partial charge is 0.341 e. The van der Waals surface area contributed by atoms with Gasteiger partial charge in [0.25, 0.3) is 0 Å². The Morgan fingerprint density at radius 1 is 1.25 bits per heavy atom. The van der Waals surface area contributed by atoms with Crippen LogP contribution in [0.15, 0.2) is 48.7 Å². The largest absolute Gasteiger partial charge is 0.462 e. The van der Waals surface area contributed by atoms with Crippen LogP contribution in [0, 0.1) is 6.92 Å². The van der Waals surface area contributed by atoms with Crippen molar-refractivity contribution in [2.75, 3.05) is 11.9 Å². The van der Waals surface area contributed by atoms with Gasteiger partial charge in [0, 0.05) is 22.3 Å². The number of benzene rings is 2. The Balaban J connectivity index is 2.18. The summed E-state index contributed by atoms with van der Waals surface area (Å²) in [4.78, 5) is 16.7. The van der Waals surface area contributed by atoms with Gasteiger partial charge in [-0.15, -0.1) is 0 Å². The number of fused-ring (bicyclic) bond motifs is 1. The minimum atomic E-state index is -0.405. The van der Waals surface area contributed by atoms with E-state index in [1.807, 2.05) is 37.3 Å². The van der Waals surface area contributed by atoms with Gasteiger partial charge in [-0.1, -0.05) is 29.3 Å². The molecule has 1 aromatic heterocycles. The van der Waals surface area contributed by atoms with Crippen molar-refractivity contribution in [2.45, 2.75) is 13.8 Å². The van der Waals surface area contributed by atoms with Gasteiger partial charge < -0.3 is 10.1 Å². The van der Waals surface area contributed by atoms with Gasteiger partial charge in [0.15, 0.2) is 0 Å². The number of anilines is 2. The number of carbonyl (C=O) groups excluding carboxylic acids is 1. The summed E-state index contributed by atoms with van der Waals surface area (Å²) in [6.45, 7) is 4.08. The van der Waals surface area contributed by atoms with Crippen molar-refractivity contribution in [3.05, 3.63) is 64.8 Å². The molecule has 0 aliphatic rings. The monoisotopic (exact) mass is 340 g/mol. The lowest BCUT2D eigenvalue weighted by Gasteiger charge is -2.14. The first-order chi connectivity index (χ1) is 11.6. The van der Waals surface area contributed by atoms with Crippen molar-refractivity contribution in [2.24, 2.45) is 0 Å². The second kappa shape index (κ2) is 6.89. The van der Waals surface area contributed by atoms with Crippen molar-refractivity contribution in [3.63, 3.8) is 0 Å². The molecular weight excluding hydrogens is 324 g/mol. The highest BCUT2D eigenvalue weighted by Crippen LogP contribution is 2.31. The Morgan fingerprint density at radius 2 is 2.08 bits per heavy atom. The summed E-state index contributed by atoms with van der Waals surface area (Å²) >= 11 is 6.06. The van der Waals surface area contributed by atoms with Crippen LogP contribution in [0.2, 0.25) is 5.02 Å². The van der Waals surface area contributed by atoms with Crippen molar-refractivity contribution in [3.8, 4) is 0 Å². The Bertz CT molecular complexity index is 909. The zero-order chi connectivity index (χ0) is 17.1. The lowest BCUT2D eigenvalue weighted by molar-refractivity contribution is 0.0527. The molecule has 2 aromatic carbocycles. The van der Waals surface area contributed by atoms with Crippen LogP contribution >= 0.6 is 11.6 Å². The van der Waals surface area contributed by atoms with Gasteiger partial charge in [-0.3, -0.25) is 4.98 Å². The molecule has 3 rings (SSSR count). The molecule has 0 atom stereocenters. The first-order valence-electron chi connectivity index (χ1n) is 7.67. The number of hydrogen-bond donors (Lipinski definition) is 1. The molecule has 0 aliphatic heterocycles. The van der Waals surface area contributed by atoms with E-state index in [0.717, 1.165) is 22.2 Å². The van der Waals surface area contributed by atoms with Crippen molar-refractivity contribution in [1.82, 2.24) is 4.98 Å². The highest BCUT2D eigenvalue weighted by atomic mass is 35.5. The number of ether oxygens (including phenoxy) is 1. The minimum absolute atomic E-state index is 0.307. The number of aromatic nitrogens is 1. The molecular formula is C19H17ClN2O2. The second-order valence-corrected chi connectivity index (χ2v) is 5.86. The predicted octanol–water partition coefficient (Wildman–Crippen LogP) is 5.12. The van der Waals surface area contributed by atoms with E-state index < -0.39 is 5.97 Å². The quantitative estimate of drug-likeness (QED) is 0.670. The van der Waals surface area contributed by atoms with Gasteiger partial charge in [-0.25, -0.2) is 4.79 Å². The SMILES string of the molecule is CCOC(=O)c1cnc2ccc(C)cc2c1Nc1cccc(Cl)c1. The van der Waals surface area contributed by atoms with E-state index in [9.17, 15) is 4.79 Å². The fourth-order valence-corrected chi connectivity index (χ4v) is 2.71. The van der Waals surface area contributed by atoms with Crippen LogP contribution in [0.3, 0.4) is 0 Å². The lowest BCUT2D eigenvalue weighted by Crippen LogP contribution is -2.09. The van der Waals surface area contributed by atoms with Crippen LogP contribution in [-0.4, -0.2) is 17.6 Å². The first-order valence-corrected chi connectivity index (χ1v) is 8.05. The molecule has 0 aliphatic carbocycles. The molecule has 1 N–H and O–H groups in total. The number of rotatable bonds is 4. The number of aryl methyl sites for hydroxylation is 1. The summed E-state index contributed by atoms with van der Waals surface area (Å²) in [5, 5.41) is 4.78. The average molecular weight is 341 g/mol. The van der Waals surface area contributed by atoms with E-state index in [2.05, 4.69) is 10.3 Å². The van der Waals surface area contributed by atoms with Gasteiger partial charge in [-0.2, -0.15) is 0 Å². The number of carbonyl (C=O) groups is 1. The van der Waals surface area contributed by atoms with E-state index in [1.165, 1.54) is 0 Å². The molecule has 0 bridgehead atoms. The summed E-state index contributed by atoms with van der Waals surface area (Å²) in [6, 6.07) is 13.3. The summed E-state index contributed by atoms with van der Waals surface area (Å²) in [7, 11) is 0. The van der Waals surface area contributed by atoms with E-state index in [-0.39, 0.29) is 0 Å². The number of nitrogens with one attached hydrogen (secondary N) is 1. The summed E-state index contributed by atoms with van der Waals surface area (Å²) in [5.41, 5.74) is 3.75. The minimum Gasteiger partial charge on any atom is -0.462 e. The molecule has 0 saturated heterocycles. The van der Waals surface area contributed by atoms with E-state index in [0.29, 0.717) is 22.9 Å². The molecule has 24 heavy (non-hydrogen) atoms. The molecule has 0 amide bonds. The van der Waals surface area contributed by atoms with Gasteiger partial charge >= 0.3 is 5.97 Å². The van der Waals surface area contributed by atoms with Crippen molar-refractivity contribution < 1.29 is 9.53 Å². The van der Waals surface area contributed by atoms with E-state index >= 15 is 0 Å². The zero-order valence-electron chi connectivity index (χ0n) is 13.5. The van der Waals surface area contributed by atoms with Gasteiger partial charge in [0.2, 0.25) is 0 Å². The summed E-state index contributed by atoms with van der Waals surface area (Å²) in [6.07, 6.45) is 1.54. The third kappa shape index (κ3) is 3.34. The second-order valence-electron chi connectivity index (χ2n) is 5.42. The normalized spacial score (nSPS) is 10.6. The Labute approximate surface area is 145 Å². The van der Waals surface area contributed by atoms with Crippen molar-refractivity contribution >= 4 is 39.8 Å². The van der Waals surface area contributed by atoms with Crippen LogP contribution in [0.25, 0.3) is 10.9 Å². The summed E-state index contributed by atoms with van der Waals surface area (Å²) in [5.74, 6) is -0.405. The van der Waals surface area contributed by atoms with Gasteiger partial charge in [0.1, 0.15) is 5.56 Å². The maximum atomic E-state index is 12.3. The third-order valence-electron chi connectivity index (χ3n) is 3.61. The fourth-order valence-electron chi connectivity index (χ4n) is 2.52. The van der Waals surface area contributed by atoms with E-state index in [1.54, 1.807) is 25.3 Å². The summed E-state index contributed by atoms with van der Waals surface area (Å²) < 4.78 is 5.16. The average Bonchev–Trinajstić information content (AvgIpc) is 2.55. The Hall–Kier alpha value is -2.59. The highest BCUT2D eigenvalue weighted by Gasteiger charge is 2.17. The number of pyridine rings is 1. The van der Waals surface area contributed by atoms with Crippen LogP contribution in [0.5, 0.6) is 0 Å². The Kier molecular flexibility index (Phi) is 4.67. The van der Waals surface area contributed by atoms with Crippen LogP contribution in [-0.2, 0) is 4.74 Å². The van der Waals surface area contributed by atoms with Gasteiger partial charge in [0.05, 0.1) is 17.8 Å². The number of esters is 1. The molecule has 0 saturated carbocycles. The molecule has 1 heterocycles. The lowest BCUT2D eigenvalue weighted by atomic mass is 10.1.